The van der Waals surface area contributed by atoms with E-state index in [9.17, 15) is 8.42 Å². The van der Waals surface area contributed by atoms with Crippen molar-refractivity contribution < 1.29 is 13.2 Å². The number of rotatable bonds is 4. The van der Waals surface area contributed by atoms with Crippen LogP contribution in [0, 0.1) is 0 Å². The number of benzene rings is 1. The van der Waals surface area contributed by atoms with Crippen molar-refractivity contribution in [3.63, 3.8) is 0 Å². The first-order valence-corrected chi connectivity index (χ1v) is 6.28. The maximum absolute atomic E-state index is 11.2. The van der Waals surface area contributed by atoms with Crippen LogP contribution in [0.15, 0.2) is 29.2 Å². The summed E-state index contributed by atoms with van der Waals surface area (Å²) < 4.78 is 27.6. The second-order valence-corrected chi connectivity index (χ2v) is 5.36. The van der Waals surface area contributed by atoms with Crippen LogP contribution in [0.2, 0.25) is 0 Å². The predicted octanol–water partition coefficient (Wildman–Crippen LogP) is 1.34. The van der Waals surface area contributed by atoms with Crippen LogP contribution in [0.4, 0.5) is 0 Å². The molecule has 1 rings (SSSR count). The van der Waals surface area contributed by atoms with Gasteiger partial charge >= 0.3 is 0 Å². The predicted molar refractivity (Wildman–Crippen MR) is 58.6 cm³/mol. The Labute approximate surface area is 94.0 Å². The molecule has 6 heteroatoms. The zero-order valence-corrected chi connectivity index (χ0v) is 9.75. The van der Waals surface area contributed by atoms with Crippen LogP contribution >= 0.6 is 11.6 Å². The van der Waals surface area contributed by atoms with Crippen LogP contribution < -0.4 is 9.88 Å². The first kappa shape index (κ1) is 12.3. The van der Waals surface area contributed by atoms with Gasteiger partial charge in [-0.05, 0) is 19.1 Å². The number of primary sulfonamides is 1. The summed E-state index contributed by atoms with van der Waals surface area (Å²) in [5, 5.41) is 4.83. The van der Waals surface area contributed by atoms with E-state index < -0.39 is 10.0 Å². The van der Waals surface area contributed by atoms with Crippen LogP contribution in [-0.4, -0.2) is 20.4 Å². The van der Waals surface area contributed by atoms with E-state index in [4.69, 9.17) is 21.5 Å². The van der Waals surface area contributed by atoms with Crippen molar-refractivity contribution in [1.82, 2.24) is 0 Å². The number of ether oxygens (including phenoxy) is 1. The van der Waals surface area contributed by atoms with Gasteiger partial charge in [-0.15, -0.1) is 11.6 Å². The van der Waals surface area contributed by atoms with Crippen molar-refractivity contribution in [3.8, 4) is 5.75 Å². The first-order chi connectivity index (χ1) is 6.91. The topological polar surface area (TPSA) is 69.4 Å². The third-order valence-electron chi connectivity index (χ3n) is 1.62. The molecule has 1 aromatic rings. The number of halogens is 1. The Hall–Kier alpha value is -0.780. The van der Waals surface area contributed by atoms with Crippen molar-refractivity contribution in [2.45, 2.75) is 17.2 Å². The van der Waals surface area contributed by atoms with Gasteiger partial charge < -0.3 is 4.74 Å². The van der Waals surface area contributed by atoms with Crippen LogP contribution in [0.3, 0.4) is 0 Å². The minimum atomic E-state index is -3.75. The lowest BCUT2D eigenvalue weighted by Gasteiger charge is -2.10. The molecule has 0 saturated heterocycles. The third-order valence-corrected chi connectivity index (χ3v) is 2.70. The number of para-hydroxylation sites is 1. The Morgan fingerprint density at radius 3 is 2.60 bits per heavy atom. The van der Waals surface area contributed by atoms with E-state index in [0.717, 1.165) is 0 Å². The molecule has 0 radical (unpaired) electrons. The van der Waals surface area contributed by atoms with Gasteiger partial charge in [0.2, 0.25) is 10.0 Å². The second kappa shape index (κ2) is 4.83. The first-order valence-electron chi connectivity index (χ1n) is 4.30. The minimum Gasteiger partial charge on any atom is -0.491 e. The molecule has 0 amide bonds. The smallest absolute Gasteiger partial charge is 0.241 e. The summed E-state index contributed by atoms with van der Waals surface area (Å²) in [5.41, 5.74) is 0. The van der Waals surface area contributed by atoms with E-state index in [0.29, 0.717) is 0 Å². The summed E-state index contributed by atoms with van der Waals surface area (Å²) >= 11 is 5.69. The summed E-state index contributed by atoms with van der Waals surface area (Å²) in [6, 6.07) is 6.18. The summed E-state index contributed by atoms with van der Waals surface area (Å²) in [7, 11) is -3.75. The molecule has 0 heterocycles. The molecule has 0 saturated carbocycles. The average molecular weight is 250 g/mol. The molecule has 15 heavy (non-hydrogen) atoms. The van der Waals surface area contributed by atoms with Crippen molar-refractivity contribution in [1.29, 1.82) is 0 Å². The SMILES string of the molecule is CC(Cl)COc1ccccc1S(N)(=O)=O. The molecule has 1 aromatic carbocycles. The van der Waals surface area contributed by atoms with Gasteiger partial charge in [0.1, 0.15) is 17.3 Å². The van der Waals surface area contributed by atoms with Gasteiger partial charge in [0.25, 0.3) is 0 Å². The van der Waals surface area contributed by atoms with Gasteiger partial charge in [-0.25, -0.2) is 13.6 Å². The molecule has 0 aliphatic rings. The highest BCUT2D eigenvalue weighted by molar-refractivity contribution is 7.89. The zero-order chi connectivity index (χ0) is 11.5. The number of nitrogens with two attached hydrogens (primary N) is 1. The van der Waals surface area contributed by atoms with Crippen LogP contribution in [0.25, 0.3) is 0 Å². The maximum atomic E-state index is 11.2. The molecule has 0 bridgehead atoms. The summed E-state index contributed by atoms with van der Waals surface area (Å²) in [6.45, 7) is 1.98. The standard InChI is InChI=1S/C9H12ClNO3S/c1-7(10)6-14-8-4-2-3-5-9(8)15(11,12)13/h2-5,7H,6H2,1H3,(H2,11,12,13). The molecule has 0 spiro atoms. The molecule has 84 valence electrons. The molecular formula is C9H12ClNO3S. The molecule has 4 nitrogen and oxygen atoms in total. The Morgan fingerprint density at radius 1 is 1.47 bits per heavy atom. The Balaban J connectivity index is 2.98. The number of hydrogen-bond acceptors (Lipinski definition) is 3. The van der Waals surface area contributed by atoms with Gasteiger partial charge in [-0.3, -0.25) is 0 Å². The van der Waals surface area contributed by atoms with E-state index >= 15 is 0 Å². The van der Waals surface area contributed by atoms with E-state index in [-0.39, 0.29) is 22.6 Å². The Bertz CT molecular complexity index is 431. The highest BCUT2D eigenvalue weighted by Gasteiger charge is 2.14. The third kappa shape index (κ3) is 3.70. The second-order valence-electron chi connectivity index (χ2n) is 3.08. The number of alkyl halides is 1. The lowest BCUT2D eigenvalue weighted by Crippen LogP contribution is -2.15. The maximum Gasteiger partial charge on any atom is 0.241 e. The highest BCUT2D eigenvalue weighted by atomic mass is 35.5. The fourth-order valence-corrected chi connectivity index (χ4v) is 1.75. The van der Waals surface area contributed by atoms with E-state index in [1.165, 1.54) is 6.07 Å². The molecule has 1 atom stereocenters. The van der Waals surface area contributed by atoms with Crippen LogP contribution in [0.1, 0.15) is 6.92 Å². The zero-order valence-electron chi connectivity index (χ0n) is 8.18. The van der Waals surface area contributed by atoms with Gasteiger partial charge in [-0.1, -0.05) is 12.1 Å². The van der Waals surface area contributed by atoms with Crippen molar-refractivity contribution >= 4 is 21.6 Å². The molecular weight excluding hydrogens is 238 g/mol. The fraction of sp³-hybridized carbons (Fsp3) is 0.333. The normalized spacial score (nSPS) is 13.5. The fourth-order valence-electron chi connectivity index (χ4n) is 1.01. The molecule has 0 fully saturated rings. The lowest BCUT2D eigenvalue weighted by molar-refractivity contribution is 0.312. The van der Waals surface area contributed by atoms with E-state index in [1.807, 2.05) is 0 Å². The monoisotopic (exact) mass is 249 g/mol. The van der Waals surface area contributed by atoms with Gasteiger partial charge in [-0.2, -0.15) is 0 Å². The quantitative estimate of drug-likeness (QED) is 0.819. The van der Waals surface area contributed by atoms with Crippen molar-refractivity contribution in [2.75, 3.05) is 6.61 Å². The van der Waals surface area contributed by atoms with Gasteiger partial charge in [0.15, 0.2) is 0 Å². The van der Waals surface area contributed by atoms with Crippen molar-refractivity contribution in [2.24, 2.45) is 5.14 Å². The number of hydrogen-bond donors (Lipinski definition) is 1. The molecule has 1 unspecified atom stereocenters. The van der Waals surface area contributed by atoms with Crippen LogP contribution in [-0.2, 0) is 10.0 Å². The molecule has 0 aliphatic carbocycles. The highest BCUT2D eigenvalue weighted by Crippen LogP contribution is 2.22. The van der Waals surface area contributed by atoms with E-state index in [2.05, 4.69) is 0 Å². The molecule has 0 aromatic heterocycles. The lowest BCUT2D eigenvalue weighted by atomic mass is 10.3. The Morgan fingerprint density at radius 2 is 2.07 bits per heavy atom. The van der Waals surface area contributed by atoms with Gasteiger partial charge in [0.05, 0.1) is 5.38 Å². The minimum absolute atomic E-state index is 0.0256. The summed E-state index contributed by atoms with van der Waals surface area (Å²) in [4.78, 5) is -0.0256. The molecule has 0 aliphatic heterocycles. The molecule has 2 N–H and O–H groups in total. The van der Waals surface area contributed by atoms with Crippen LogP contribution in [0.5, 0.6) is 5.75 Å². The summed E-state index contributed by atoms with van der Waals surface area (Å²) in [5.74, 6) is 0.229. The summed E-state index contributed by atoms with van der Waals surface area (Å²) in [6.07, 6.45) is 0. The number of sulfonamides is 1. The van der Waals surface area contributed by atoms with Gasteiger partial charge in [0, 0.05) is 0 Å². The van der Waals surface area contributed by atoms with Crippen molar-refractivity contribution in [3.05, 3.63) is 24.3 Å². The van der Waals surface area contributed by atoms with E-state index in [1.54, 1.807) is 25.1 Å². The Kier molecular flexibility index (Phi) is 3.96. The average Bonchev–Trinajstić information content (AvgIpc) is 2.13. The largest absolute Gasteiger partial charge is 0.491 e.